The summed E-state index contributed by atoms with van der Waals surface area (Å²) in [4.78, 5) is 7.46. The zero-order valence-electron chi connectivity index (χ0n) is 10.7. The van der Waals surface area contributed by atoms with Crippen molar-refractivity contribution in [3.05, 3.63) is 23.7 Å². The predicted octanol–water partition coefficient (Wildman–Crippen LogP) is 3.37. The van der Waals surface area contributed by atoms with Crippen LogP contribution in [0.25, 0.3) is 11.6 Å². The van der Waals surface area contributed by atoms with E-state index >= 15 is 0 Å². The molecule has 0 saturated heterocycles. The predicted molar refractivity (Wildman–Crippen MR) is 69.2 cm³/mol. The quantitative estimate of drug-likeness (QED) is 0.835. The summed E-state index contributed by atoms with van der Waals surface area (Å²) in [5.74, 6) is 1.70. The first-order valence-electron chi connectivity index (χ1n) is 6.79. The maximum absolute atomic E-state index is 8.80. The minimum Gasteiger partial charge on any atom is -0.356 e. The van der Waals surface area contributed by atoms with E-state index in [4.69, 9.17) is 9.78 Å². The smallest absolute Gasteiger partial charge is 0.274 e. The topological polar surface area (TPSA) is 78.5 Å². The first-order valence-corrected chi connectivity index (χ1v) is 6.79. The van der Waals surface area contributed by atoms with Crippen molar-refractivity contribution < 1.29 is 4.52 Å². The fourth-order valence-electron chi connectivity index (χ4n) is 2.63. The van der Waals surface area contributed by atoms with Crippen LogP contribution in [0, 0.1) is 11.3 Å². The molecule has 2 heterocycles. The second-order valence-corrected chi connectivity index (χ2v) is 5.06. The summed E-state index contributed by atoms with van der Waals surface area (Å²) in [6, 6.07) is 3.80. The lowest BCUT2D eigenvalue weighted by molar-refractivity contribution is 0.409. The molecule has 1 saturated carbocycles. The maximum atomic E-state index is 8.80. The average molecular weight is 256 g/mol. The second kappa shape index (κ2) is 5.27. The molecular formula is C14H16N4O. The number of hydrogen-bond acceptors (Lipinski definition) is 4. The molecule has 1 aliphatic rings. The molecule has 2 aromatic heterocycles. The zero-order valence-corrected chi connectivity index (χ0v) is 10.7. The molecule has 5 heteroatoms. The van der Waals surface area contributed by atoms with E-state index in [9.17, 15) is 0 Å². The van der Waals surface area contributed by atoms with Crippen molar-refractivity contribution in [3.8, 4) is 17.7 Å². The van der Waals surface area contributed by atoms with E-state index in [0.29, 0.717) is 23.1 Å². The van der Waals surface area contributed by atoms with Gasteiger partial charge in [-0.25, -0.2) is 0 Å². The van der Waals surface area contributed by atoms with Gasteiger partial charge in [-0.3, -0.25) is 0 Å². The summed E-state index contributed by atoms with van der Waals surface area (Å²) in [5.41, 5.74) is 1.29. The third kappa shape index (κ3) is 2.53. The van der Waals surface area contributed by atoms with Crippen LogP contribution in [0.1, 0.15) is 55.8 Å². The van der Waals surface area contributed by atoms with Gasteiger partial charge >= 0.3 is 0 Å². The Morgan fingerprint density at radius 2 is 2.05 bits per heavy atom. The number of aromatic nitrogens is 3. The molecule has 0 unspecified atom stereocenters. The third-order valence-corrected chi connectivity index (χ3v) is 3.70. The average Bonchev–Trinajstić information content (AvgIpc) is 3.02. The molecule has 0 bridgehead atoms. The van der Waals surface area contributed by atoms with E-state index < -0.39 is 0 Å². The molecule has 0 spiro atoms. The number of nitrogens with zero attached hydrogens (tertiary/aromatic N) is 3. The van der Waals surface area contributed by atoms with Gasteiger partial charge in [-0.05, 0) is 18.9 Å². The van der Waals surface area contributed by atoms with Crippen LogP contribution in [-0.4, -0.2) is 15.1 Å². The Morgan fingerprint density at radius 1 is 1.26 bits per heavy atom. The molecule has 19 heavy (non-hydrogen) atoms. The van der Waals surface area contributed by atoms with Crippen molar-refractivity contribution >= 4 is 0 Å². The van der Waals surface area contributed by atoms with Gasteiger partial charge in [-0.1, -0.05) is 30.8 Å². The Hall–Kier alpha value is -2.09. The summed E-state index contributed by atoms with van der Waals surface area (Å²) in [6.45, 7) is 0. The molecule has 3 rings (SSSR count). The molecule has 0 radical (unpaired) electrons. The molecule has 0 aliphatic heterocycles. The Balaban J connectivity index is 1.80. The van der Waals surface area contributed by atoms with Crippen molar-refractivity contribution in [1.29, 1.82) is 5.26 Å². The number of rotatable bonds is 2. The monoisotopic (exact) mass is 256 g/mol. The van der Waals surface area contributed by atoms with Gasteiger partial charge in [0.1, 0.15) is 11.8 Å². The fourth-order valence-corrected chi connectivity index (χ4v) is 2.63. The summed E-state index contributed by atoms with van der Waals surface area (Å²) in [7, 11) is 0. The largest absolute Gasteiger partial charge is 0.356 e. The lowest BCUT2D eigenvalue weighted by Gasteiger charge is -2.07. The van der Waals surface area contributed by atoms with Crippen molar-refractivity contribution in [2.45, 2.75) is 44.4 Å². The van der Waals surface area contributed by atoms with Gasteiger partial charge in [-0.15, -0.1) is 0 Å². The third-order valence-electron chi connectivity index (χ3n) is 3.70. The Labute approximate surface area is 111 Å². The highest BCUT2D eigenvalue weighted by atomic mass is 16.5. The molecule has 1 fully saturated rings. The summed E-state index contributed by atoms with van der Waals surface area (Å²) in [5, 5.41) is 12.9. The molecule has 98 valence electrons. The molecule has 1 N–H and O–H groups in total. The SMILES string of the molecule is N#Cc1c[nH]c(-c2nc(C3CCCCCC3)no2)c1. The van der Waals surface area contributed by atoms with Crippen LogP contribution in [0.5, 0.6) is 0 Å². The van der Waals surface area contributed by atoms with Crippen LogP contribution in [0.15, 0.2) is 16.8 Å². The van der Waals surface area contributed by atoms with Gasteiger partial charge < -0.3 is 9.51 Å². The standard InChI is InChI=1S/C14H16N4O/c15-8-10-7-12(16-9-10)14-17-13(18-19-14)11-5-3-1-2-4-6-11/h7,9,11,16H,1-6H2. The highest BCUT2D eigenvalue weighted by molar-refractivity contribution is 5.51. The normalized spacial score (nSPS) is 17.0. The van der Waals surface area contributed by atoms with Crippen LogP contribution < -0.4 is 0 Å². The minimum absolute atomic E-state index is 0.422. The maximum Gasteiger partial charge on any atom is 0.274 e. The van der Waals surface area contributed by atoms with Gasteiger partial charge in [0, 0.05) is 12.1 Å². The summed E-state index contributed by atoms with van der Waals surface area (Å²) < 4.78 is 5.30. The number of nitriles is 1. The van der Waals surface area contributed by atoms with E-state index in [1.165, 1.54) is 25.7 Å². The fraction of sp³-hybridized carbons (Fsp3) is 0.500. The minimum atomic E-state index is 0.422. The Kier molecular flexibility index (Phi) is 3.32. The van der Waals surface area contributed by atoms with Gasteiger partial charge in [-0.2, -0.15) is 10.2 Å². The molecule has 0 amide bonds. The van der Waals surface area contributed by atoms with Crippen LogP contribution in [0.3, 0.4) is 0 Å². The highest BCUT2D eigenvalue weighted by Crippen LogP contribution is 2.30. The van der Waals surface area contributed by atoms with Crippen molar-refractivity contribution in [2.75, 3.05) is 0 Å². The number of nitrogens with one attached hydrogen (secondary N) is 1. The Bertz CT molecular complexity index is 585. The highest BCUT2D eigenvalue weighted by Gasteiger charge is 2.20. The van der Waals surface area contributed by atoms with Crippen molar-refractivity contribution in [3.63, 3.8) is 0 Å². The van der Waals surface area contributed by atoms with Crippen LogP contribution in [-0.2, 0) is 0 Å². The lowest BCUT2D eigenvalue weighted by atomic mass is 10.00. The van der Waals surface area contributed by atoms with Gasteiger partial charge in [0.15, 0.2) is 5.82 Å². The first-order chi connectivity index (χ1) is 9.36. The zero-order chi connectivity index (χ0) is 13.1. The van der Waals surface area contributed by atoms with Crippen LogP contribution in [0.4, 0.5) is 0 Å². The summed E-state index contributed by atoms with van der Waals surface area (Å²) in [6.07, 6.45) is 9.04. The van der Waals surface area contributed by atoms with E-state index in [-0.39, 0.29) is 0 Å². The van der Waals surface area contributed by atoms with Crippen molar-refractivity contribution in [2.24, 2.45) is 0 Å². The lowest BCUT2D eigenvalue weighted by Crippen LogP contribution is -1.99. The van der Waals surface area contributed by atoms with Gasteiger partial charge in [0.2, 0.25) is 0 Å². The van der Waals surface area contributed by atoms with Crippen LogP contribution >= 0.6 is 0 Å². The number of H-pyrrole nitrogens is 1. The molecule has 0 atom stereocenters. The van der Waals surface area contributed by atoms with E-state index in [0.717, 1.165) is 18.7 Å². The second-order valence-electron chi connectivity index (χ2n) is 5.06. The molecule has 5 nitrogen and oxygen atoms in total. The van der Waals surface area contributed by atoms with Crippen LogP contribution in [0.2, 0.25) is 0 Å². The Morgan fingerprint density at radius 3 is 2.74 bits per heavy atom. The van der Waals surface area contributed by atoms with Gasteiger partial charge in [0.05, 0.1) is 5.56 Å². The van der Waals surface area contributed by atoms with E-state index in [1.54, 1.807) is 12.3 Å². The van der Waals surface area contributed by atoms with E-state index in [2.05, 4.69) is 21.2 Å². The number of hydrogen-bond donors (Lipinski definition) is 1. The molecule has 0 aromatic carbocycles. The van der Waals surface area contributed by atoms with Gasteiger partial charge in [0.25, 0.3) is 5.89 Å². The molecule has 1 aliphatic carbocycles. The molecular weight excluding hydrogens is 240 g/mol. The first kappa shape index (κ1) is 12.0. The summed E-state index contributed by atoms with van der Waals surface area (Å²) >= 11 is 0. The number of aromatic amines is 1. The molecule has 2 aromatic rings. The van der Waals surface area contributed by atoms with E-state index in [1.807, 2.05) is 0 Å². The van der Waals surface area contributed by atoms with Crippen molar-refractivity contribution in [1.82, 2.24) is 15.1 Å².